The van der Waals surface area contributed by atoms with E-state index in [1.807, 2.05) is 25.2 Å². The average molecular weight is 261 g/mol. The highest BCUT2D eigenvalue weighted by atomic mass is 32.2. The molecule has 0 radical (unpaired) electrons. The van der Waals surface area contributed by atoms with E-state index in [1.165, 1.54) is 4.91 Å². The Bertz CT molecular complexity index is 373. The van der Waals surface area contributed by atoms with Crippen molar-refractivity contribution < 1.29 is 0 Å². The summed E-state index contributed by atoms with van der Waals surface area (Å²) in [6.07, 6.45) is 13.1. The van der Waals surface area contributed by atoms with E-state index in [1.54, 1.807) is 11.8 Å². The zero-order valence-electron chi connectivity index (χ0n) is 11.5. The Balaban J connectivity index is 4.00. The van der Waals surface area contributed by atoms with Crippen LogP contribution in [0, 0.1) is 0 Å². The Kier molecular flexibility index (Phi) is 10.1. The molecule has 0 aliphatic heterocycles. The van der Waals surface area contributed by atoms with Gasteiger partial charge in [0.25, 0.3) is 0 Å². The molecule has 0 aliphatic carbocycles. The second kappa shape index (κ2) is 10.8. The number of nitrogens with zero attached hydrogens (tertiary/aromatic N) is 1. The van der Waals surface area contributed by atoms with Crippen molar-refractivity contribution in [2.75, 3.05) is 0 Å². The van der Waals surface area contributed by atoms with Gasteiger partial charge in [0.1, 0.15) is 0 Å². The molecular formula is C16H23NS. The van der Waals surface area contributed by atoms with Gasteiger partial charge in [0.05, 0.1) is 0 Å². The van der Waals surface area contributed by atoms with E-state index < -0.39 is 0 Å². The Morgan fingerprint density at radius 1 is 1.28 bits per heavy atom. The molecule has 18 heavy (non-hydrogen) atoms. The molecule has 0 aromatic heterocycles. The van der Waals surface area contributed by atoms with Gasteiger partial charge in [-0.25, -0.2) is 0 Å². The zero-order valence-corrected chi connectivity index (χ0v) is 12.3. The molecule has 0 heterocycles. The number of unbranched alkanes of at least 4 members (excludes halogenated alkanes) is 1. The molecule has 0 saturated carbocycles. The minimum atomic E-state index is 0.873. The maximum atomic E-state index is 4.05. The van der Waals surface area contributed by atoms with Crippen molar-refractivity contribution in [2.45, 2.75) is 33.1 Å². The summed E-state index contributed by atoms with van der Waals surface area (Å²) in [7, 11) is 0. The van der Waals surface area contributed by atoms with Gasteiger partial charge < -0.3 is 0 Å². The van der Waals surface area contributed by atoms with Gasteiger partial charge in [0.15, 0.2) is 0 Å². The number of aliphatic imine (C=N–C) groups is 1. The normalized spacial score (nSPS) is 12.8. The highest BCUT2D eigenvalue weighted by Crippen LogP contribution is 2.26. The monoisotopic (exact) mass is 261 g/mol. The first-order valence-corrected chi connectivity index (χ1v) is 6.85. The third-order valence-electron chi connectivity index (χ3n) is 2.18. The SMILES string of the molecule is C=CCC/C=C(\C)SC(=C)C/C=C\C=C(/C)N=C. The molecule has 0 bridgehead atoms. The van der Waals surface area contributed by atoms with Crippen LogP contribution in [0.3, 0.4) is 0 Å². The highest BCUT2D eigenvalue weighted by Gasteiger charge is 1.94. The first-order valence-electron chi connectivity index (χ1n) is 6.03. The number of allylic oxidation sites excluding steroid dienone is 8. The lowest BCUT2D eigenvalue weighted by molar-refractivity contribution is 1.05. The summed E-state index contributed by atoms with van der Waals surface area (Å²) in [6, 6.07) is 0. The van der Waals surface area contributed by atoms with Gasteiger partial charge in [-0.1, -0.05) is 42.6 Å². The molecule has 0 atom stereocenters. The van der Waals surface area contributed by atoms with Crippen molar-refractivity contribution in [1.82, 2.24) is 0 Å². The topological polar surface area (TPSA) is 12.4 Å². The van der Waals surface area contributed by atoms with Crippen LogP contribution in [0.25, 0.3) is 0 Å². The number of hydrogen-bond acceptors (Lipinski definition) is 2. The molecule has 0 aliphatic rings. The molecule has 0 rings (SSSR count). The fourth-order valence-electron chi connectivity index (χ4n) is 1.17. The summed E-state index contributed by atoms with van der Waals surface area (Å²) < 4.78 is 0. The zero-order chi connectivity index (χ0) is 13.8. The molecule has 0 amide bonds. The second-order valence-electron chi connectivity index (χ2n) is 3.92. The van der Waals surface area contributed by atoms with E-state index in [2.05, 4.69) is 43.9 Å². The van der Waals surface area contributed by atoms with Crippen molar-refractivity contribution in [3.63, 3.8) is 0 Å². The number of rotatable bonds is 9. The van der Waals surface area contributed by atoms with Crippen molar-refractivity contribution in [3.05, 3.63) is 59.0 Å². The quantitative estimate of drug-likeness (QED) is 0.226. The summed E-state index contributed by atoms with van der Waals surface area (Å²) in [5.41, 5.74) is 0.921. The van der Waals surface area contributed by atoms with Crippen LogP contribution in [0.15, 0.2) is 64.0 Å². The van der Waals surface area contributed by atoms with Crippen LogP contribution in [0.2, 0.25) is 0 Å². The minimum Gasteiger partial charge on any atom is -0.269 e. The number of thioether (sulfide) groups is 1. The first-order chi connectivity index (χ1) is 8.60. The predicted octanol–water partition coefficient (Wildman–Crippen LogP) is 5.65. The summed E-state index contributed by atoms with van der Waals surface area (Å²) in [5, 5.41) is 0. The van der Waals surface area contributed by atoms with Crippen LogP contribution in [0.4, 0.5) is 0 Å². The van der Waals surface area contributed by atoms with E-state index >= 15 is 0 Å². The van der Waals surface area contributed by atoms with Crippen LogP contribution >= 0.6 is 11.8 Å². The lowest BCUT2D eigenvalue weighted by Crippen LogP contribution is -1.74. The van der Waals surface area contributed by atoms with Gasteiger partial charge in [0.2, 0.25) is 0 Å². The van der Waals surface area contributed by atoms with E-state index in [-0.39, 0.29) is 0 Å². The van der Waals surface area contributed by atoms with Crippen LogP contribution in [0.1, 0.15) is 33.1 Å². The molecule has 98 valence electrons. The summed E-state index contributed by atoms with van der Waals surface area (Å²) in [5.74, 6) is 0. The van der Waals surface area contributed by atoms with Crippen LogP contribution in [0.5, 0.6) is 0 Å². The molecule has 0 saturated heterocycles. The standard InChI is InChI=1S/C16H23NS/c1-6-7-8-12-15(3)18-16(4)13-10-9-11-14(2)17-5/h6,9-12H,1,4-5,7-8,13H2,2-3H3/b10-9-,14-11+,15-12+. The predicted molar refractivity (Wildman–Crippen MR) is 87.0 cm³/mol. The van der Waals surface area contributed by atoms with Gasteiger partial charge in [-0.3, -0.25) is 4.99 Å². The third kappa shape index (κ3) is 9.91. The molecular weight excluding hydrogens is 238 g/mol. The van der Waals surface area contributed by atoms with E-state index in [0.29, 0.717) is 0 Å². The Hall–Kier alpha value is -1.28. The lowest BCUT2D eigenvalue weighted by atomic mass is 10.3. The molecule has 0 aromatic carbocycles. The fourth-order valence-corrected chi connectivity index (χ4v) is 2.01. The van der Waals surface area contributed by atoms with Gasteiger partial charge in [-0.2, -0.15) is 0 Å². The third-order valence-corrected chi connectivity index (χ3v) is 3.12. The Morgan fingerprint density at radius 3 is 2.61 bits per heavy atom. The largest absolute Gasteiger partial charge is 0.269 e. The second-order valence-corrected chi connectivity index (χ2v) is 5.35. The van der Waals surface area contributed by atoms with Crippen LogP contribution < -0.4 is 0 Å². The summed E-state index contributed by atoms with van der Waals surface area (Å²) >= 11 is 1.74. The van der Waals surface area contributed by atoms with Crippen molar-refractivity contribution >= 4 is 18.5 Å². The Morgan fingerprint density at radius 2 is 2.00 bits per heavy atom. The van der Waals surface area contributed by atoms with E-state index in [9.17, 15) is 0 Å². The minimum absolute atomic E-state index is 0.873. The first kappa shape index (κ1) is 16.7. The number of hydrogen-bond donors (Lipinski definition) is 0. The maximum Gasteiger partial charge on any atom is 0.0365 e. The van der Waals surface area contributed by atoms with Crippen LogP contribution in [-0.4, -0.2) is 6.72 Å². The maximum absolute atomic E-state index is 4.05. The molecule has 0 unspecified atom stereocenters. The van der Waals surface area contributed by atoms with Crippen LogP contribution in [-0.2, 0) is 0 Å². The highest BCUT2D eigenvalue weighted by molar-refractivity contribution is 8.06. The molecule has 0 spiro atoms. The van der Waals surface area contributed by atoms with E-state index in [0.717, 1.165) is 29.9 Å². The molecule has 0 fully saturated rings. The summed E-state index contributed by atoms with van der Waals surface area (Å²) in [6.45, 7) is 15.3. The smallest absolute Gasteiger partial charge is 0.0365 e. The molecule has 0 aromatic rings. The van der Waals surface area contributed by atoms with E-state index in [4.69, 9.17) is 0 Å². The molecule has 2 heteroatoms. The lowest BCUT2D eigenvalue weighted by Gasteiger charge is -2.02. The molecule has 1 nitrogen and oxygen atoms in total. The fraction of sp³-hybridized carbons (Fsp3) is 0.312. The van der Waals surface area contributed by atoms with Gasteiger partial charge >= 0.3 is 0 Å². The van der Waals surface area contributed by atoms with Gasteiger partial charge in [0, 0.05) is 5.70 Å². The van der Waals surface area contributed by atoms with Gasteiger partial charge in [-0.15, -0.1) is 6.58 Å². The van der Waals surface area contributed by atoms with Gasteiger partial charge in [-0.05, 0) is 55.7 Å². The summed E-state index contributed by atoms with van der Waals surface area (Å²) in [4.78, 5) is 6.26. The van der Waals surface area contributed by atoms with Crippen molar-refractivity contribution in [3.8, 4) is 0 Å². The van der Waals surface area contributed by atoms with Crippen molar-refractivity contribution in [1.29, 1.82) is 0 Å². The molecule has 0 N–H and O–H groups in total. The Labute approximate surface area is 116 Å². The van der Waals surface area contributed by atoms with Crippen molar-refractivity contribution in [2.24, 2.45) is 4.99 Å². The average Bonchev–Trinajstić information content (AvgIpc) is 2.34.